The minimum atomic E-state index is -0.883. The lowest BCUT2D eigenvalue weighted by Crippen LogP contribution is -2.25. The molecule has 0 fully saturated rings. The molecule has 0 aliphatic carbocycles. The molecule has 0 radical (unpaired) electrons. The Morgan fingerprint density at radius 2 is 1.91 bits per heavy atom. The highest BCUT2D eigenvalue weighted by molar-refractivity contribution is 5.97. The molecule has 5 aromatic rings. The fourth-order valence-corrected chi connectivity index (χ4v) is 4.19. The van der Waals surface area contributed by atoms with Crippen LogP contribution < -0.4 is 5.32 Å². The van der Waals surface area contributed by atoms with Crippen molar-refractivity contribution in [1.82, 2.24) is 19.5 Å². The molecule has 7 nitrogen and oxygen atoms in total. The van der Waals surface area contributed by atoms with Crippen LogP contribution in [0.2, 0.25) is 0 Å². The molecule has 2 aromatic carbocycles. The van der Waals surface area contributed by atoms with Gasteiger partial charge in [-0.05, 0) is 53.8 Å². The Hall–Kier alpha value is -4.26. The van der Waals surface area contributed by atoms with Crippen molar-refractivity contribution in [3.05, 3.63) is 85.1 Å². The molecule has 0 aliphatic rings. The number of nitrogens with zero attached hydrogens (tertiary/aromatic N) is 4. The maximum Gasteiger partial charge on any atom is 0.308 e. The summed E-state index contributed by atoms with van der Waals surface area (Å²) in [5.74, 6) is -1.55. The van der Waals surface area contributed by atoms with E-state index in [9.17, 15) is 9.90 Å². The van der Waals surface area contributed by atoms with Gasteiger partial charge in [0.25, 0.3) is 0 Å². The lowest BCUT2D eigenvalue weighted by molar-refractivity contribution is -0.141. The van der Waals surface area contributed by atoms with Gasteiger partial charge in [-0.1, -0.05) is 18.2 Å². The number of hydrogen-bond acceptors (Lipinski definition) is 5. The van der Waals surface area contributed by atoms with Crippen LogP contribution in [0.25, 0.3) is 33.1 Å². The standard InChI is InChI=1S/C26H23N5O2/c1-16(26(32)33)24(19-4-3-8-27-15-19)30-20-13-21(25-22(14-20)28-9-10-29-25)18-6-5-17-7-11-31(2)23(17)12-18/h3-16,24,30H,1-2H3,(H,32,33). The highest BCUT2D eigenvalue weighted by Gasteiger charge is 2.26. The normalized spacial score (nSPS) is 13.2. The van der Waals surface area contributed by atoms with Gasteiger partial charge < -0.3 is 15.0 Å². The maximum atomic E-state index is 11.9. The second-order valence-electron chi connectivity index (χ2n) is 8.18. The third-order valence-corrected chi connectivity index (χ3v) is 6.03. The molecular weight excluding hydrogens is 414 g/mol. The zero-order valence-corrected chi connectivity index (χ0v) is 18.3. The minimum absolute atomic E-state index is 0.464. The van der Waals surface area contributed by atoms with E-state index in [1.165, 1.54) is 0 Å². The Balaban J connectivity index is 1.64. The monoisotopic (exact) mass is 437 g/mol. The summed E-state index contributed by atoms with van der Waals surface area (Å²) in [4.78, 5) is 25.1. The first kappa shape index (κ1) is 20.6. The Morgan fingerprint density at radius 1 is 1.06 bits per heavy atom. The first-order chi connectivity index (χ1) is 16.0. The maximum absolute atomic E-state index is 11.9. The number of aryl methyl sites for hydroxylation is 1. The van der Waals surface area contributed by atoms with Crippen molar-refractivity contribution in [3.8, 4) is 11.1 Å². The summed E-state index contributed by atoms with van der Waals surface area (Å²) in [6, 6.07) is 15.5. The molecule has 0 saturated carbocycles. The van der Waals surface area contributed by atoms with Crippen LogP contribution in [0.3, 0.4) is 0 Å². The van der Waals surface area contributed by atoms with Gasteiger partial charge in [0, 0.05) is 54.8 Å². The molecule has 0 amide bonds. The largest absolute Gasteiger partial charge is 0.481 e. The van der Waals surface area contributed by atoms with Crippen molar-refractivity contribution in [2.45, 2.75) is 13.0 Å². The smallest absolute Gasteiger partial charge is 0.308 e. The highest BCUT2D eigenvalue weighted by atomic mass is 16.4. The Morgan fingerprint density at radius 3 is 2.70 bits per heavy atom. The molecule has 2 atom stereocenters. The number of carboxylic acids is 1. The van der Waals surface area contributed by atoms with Crippen molar-refractivity contribution in [2.24, 2.45) is 13.0 Å². The summed E-state index contributed by atoms with van der Waals surface area (Å²) in [6.07, 6.45) is 8.76. The number of rotatable bonds is 6. The number of hydrogen-bond donors (Lipinski definition) is 2. The zero-order chi connectivity index (χ0) is 22.9. The van der Waals surface area contributed by atoms with Crippen LogP contribution in [-0.2, 0) is 11.8 Å². The molecule has 0 aliphatic heterocycles. The van der Waals surface area contributed by atoms with Gasteiger partial charge in [0.1, 0.15) is 0 Å². The van der Waals surface area contributed by atoms with Gasteiger partial charge in [-0.15, -0.1) is 0 Å². The second kappa shape index (κ2) is 8.35. The van der Waals surface area contributed by atoms with E-state index in [1.807, 2.05) is 37.5 Å². The number of aliphatic carboxylic acids is 1. The average Bonchev–Trinajstić information content (AvgIpc) is 3.22. The lowest BCUT2D eigenvalue weighted by Gasteiger charge is -2.24. The lowest BCUT2D eigenvalue weighted by atomic mass is 9.94. The molecule has 0 bridgehead atoms. The number of benzene rings is 2. The molecule has 5 rings (SSSR count). The van der Waals surface area contributed by atoms with Gasteiger partial charge >= 0.3 is 5.97 Å². The SMILES string of the molecule is CC(C(=O)O)C(Nc1cc(-c2ccc3ccn(C)c3c2)c2nccnc2c1)c1cccnc1. The van der Waals surface area contributed by atoms with E-state index in [0.717, 1.165) is 44.3 Å². The third kappa shape index (κ3) is 3.89. The van der Waals surface area contributed by atoms with Crippen LogP contribution in [0.1, 0.15) is 18.5 Å². The third-order valence-electron chi connectivity index (χ3n) is 6.03. The molecule has 33 heavy (non-hydrogen) atoms. The first-order valence-electron chi connectivity index (χ1n) is 10.7. The van der Waals surface area contributed by atoms with Gasteiger partial charge in [0.15, 0.2) is 0 Å². The van der Waals surface area contributed by atoms with Crippen LogP contribution in [0.4, 0.5) is 5.69 Å². The number of fused-ring (bicyclic) bond motifs is 2. The molecule has 2 N–H and O–H groups in total. The fourth-order valence-electron chi connectivity index (χ4n) is 4.19. The van der Waals surface area contributed by atoms with E-state index in [0.29, 0.717) is 0 Å². The van der Waals surface area contributed by atoms with Crippen LogP contribution in [-0.4, -0.2) is 30.6 Å². The average molecular weight is 438 g/mol. The Labute approximate surface area is 190 Å². The van der Waals surface area contributed by atoms with Crippen molar-refractivity contribution in [3.63, 3.8) is 0 Å². The van der Waals surface area contributed by atoms with Crippen LogP contribution in [0.5, 0.6) is 0 Å². The molecule has 7 heteroatoms. The summed E-state index contributed by atoms with van der Waals surface area (Å²) in [7, 11) is 2.02. The molecule has 3 aromatic heterocycles. The Kier molecular flexibility index (Phi) is 5.22. The summed E-state index contributed by atoms with van der Waals surface area (Å²) in [5.41, 5.74) is 6.17. The molecule has 164 valence electrons. The van der Waals surface area contributed by atoms with Gasteiger partial charge in [-0.25, -0.2) is 0 Å². The van der Waals surface area contributed by atoms with E-state index in [1.54, 1.807) is 31.7 Å². The van der Waals surface area contributed by atoms with Gasteiger partial charge in [0.2, 0.25) is 0 Å². The number of carboxylic acid groups (broad SMARTS) is 1. The van der Waals surface area contributed by atoms with E-state index in [-0.39, 0.29) is 0 Å². The molecular formula is C26H23N5O2. The topological polar surface area (TPSA) is 92.9 Å². The Bertz CT molecular complexity index is 1460. The predicted molar refractivity (Wildman–Crippen MR) is 129 cm³/mol. The fraction of sp³-hybridized carbons (Fsp3) is 0.154. The quantitative estimate of drug-likeness (QED) is 0.386. The number of anilines is 1. The summed E-state index contributed by atoms with van der Waals surface area (Å²) in [6.45, 7) is 1.69. The van der Waals surface area contributed by atoms with Crippen molar-refractivity contribution in [2.75, 3.05) is 5.32 Å². The van der Waals surface area contributed by atoms with Crippen LogP contribution >= 0.6 is 0 Å². The van der Waals surface area contributed by atoms with Crippen molar-refractivity contribution >= 4 is 33.6 Å². The van der Waals surface area contributed by atoms with Crippen molar-refractivity contribution in [1.29, 1.82) is 0 Å². The summed E-state index contributed by atoms with van der Waals surface area (Å²) < 4.78 is 2.09. The summed E-state index contributed by atoms with van der Waals surface area (Å²) in [5, 5.41) is 14.3. The van der Waals surface area contributed by atoms with E-state index < -0.39 is 17.9 Å². The van der Waals surface area contributed by atoms with Gasteiger partial charge in [0.05, 0.1) is 23.0 Å². The number of aromatic nitrogens is 4. The van der Waals surface area contributed by atoms with E-state index in [2.05, 4.69) is 49.1 Å². The molecule has 2 unspecified atom stereocenters. The van der Waals surface area contributed by atoms with Gasteiger partial charge in [-0.3, -0.25) is 19.7 Å². The molecule has 0 spiro atoms. The zero-order valence-electron chi connectivity index (χ0n) is 18.3. The molecule has 3 heterocycles. The number of pyridine rings is 1. The van der Waals surface area contributed by atoms with E-state index in [4.69, 9.17) is 0 Å². The highest BCUT2D eigenvalue weighted by Crippen LogP contribution is 2.34. The number of carbonyl (C=O) groups is 1. The minimum Gasteiger partial charge on any atom is -0.481 e. The summed E-state index contributed by atoms with van der Waals surface area (Å²) >= 11 is 0. The van der Waals surface area contributed by atoms with Crippen LogP contribution in [0, 0.1) is 5.92 Å². The van der Waals surface area contributed by atoms with Gasteiger partial charge in [-0.2, -0.15) is 0 Å². The number of nitrogens with one attached hydrogen (secondary N) is 1. The van der Waals surface area contributed by atoms with Crippen LogP contribution in [0.15, 0.2) is 79.5 Å². The second-order valence-corrected chi connectivity index (χ2v) is 8.18. The van der Waals surface area contributed by atoms with Crippen molar-refractivity contribution < 1.29 is 9.90 Å². The first-order valence-corrected chi connectivity index (χ1v) is 10.7. The predicted octanol–water partition coefficient (Wildman–Crippen LogP) is 5.06. The van der Waals surface area contributed by atoms with E-state index >= 15 is 0 Å². The molecule has 0 saturated heterocycles.